The fourth-order valence-corrected chi connectivity index (χ4v) is 7.66. The summed E-state index contributed by atoms with van der Waals surface area (Å²) in [5.41, 5.74) is 6.05. The molecule has 5 rings (SSSR count). The second-order valence-corrected chi connectivity index (χ2v) is 15.1. The van der Waals surface area contributed by atoms with Crippen molar-refractivity contribution in [2.45, 2.75) is 37.3 Å². The zero-order valence-electron chi connectivity index (χ0n) is 27.1. The van der Waals surface area contributed by atoms with Gasteiger partial charge in [0.15, 0.2) is 0 Å². The zero-order chi connectivity index (χ0) is 35.7. The number of fused-ring (bicyclic) bond motifs is 1. The fraction of sp³-hybridized carbons (Fsp3) is 0.278. The summed E-state index contributed by atoms with van der Waals surface area (Å²) in [6.45, 7) is 0.154. The minimum Gasteiger partial charge on any atom is -0.457 e. The summed E-state index contributed by atoms with van der Waals surface area (Å²) in [6, 6.07) is 26.5. The second kappa shape index (κ2) is 16.8. The van der Waals surface area contributed by atoms with Crippen molar-refractivity contribution in [3.05, 3.63) is 108 Å². The molecular formula is C36H39N4O8PS. The first kappa shape index (κ1) is 36.6. The Kier molecular flexibility index (Phi) is 12.3. The lowest BCUT2D eigenvalue weighted by Gasteiger charge is -2.37. The van der Waals surface area contributed by atoms with Gasteiger partial charge in [0, 0.05) is 24.4 Å². The van der Waals surface area contributed by atoms with Gasteiger partial charge in [-0.1, -0.05) is 66.7 Å². The topological polar surface area (TPSA) is 188 Å². The van der Waals surface area contributed by atoms with E-state index in [0.717, 1.165) is 22.5 Å². The monoisotopic (exact) mass is 718 g/mol. The number of para-hydroxylation sites is 1. The highest BCUT2D eigenvalue weighted by Gasteiger charge is 2.37. The van der Waals surface area contributed by atoms with Crippen molar-refractivity contribution in [2.75, 3.05) is 24.3 Å². The summed E-state index contributed by atoms with van der Waals surface area (Å²) in [4.78, 5) is 73.9. The minimum absolute atomic E-state index is 0.0786. The van der Waals surface area contributed by atoms with E-state index in [-0.39, 0.29) is 24.4 Å². The van der Waals surface area contributed by atoms with Crippen molar-refractivity contribution in [3.8, 4) is 11.5 Å². The molecule has 3 atom stereocenters. The maximum absolute atomic E-state index is 14.1. The summed E-state index contributed by atoms with van der Waals surface area (Å²) >= 11 is 0.826. The Labute approximate surface area is 293 Å². The van der Waals surface area contributed by atoms with E-state index >= 15 is 0 Å². The molecule has 1 fully saturated rings. The summed E-state index contributed by atoms with van der Waals surface area (Å²) < 4.78 is 17.4. The van der Waals surface area contributed by atoms with Crippen molar-refractivity contribution in [1.29, 1.82) is 0 Å². The van der Waals surface area contributed by atoms with E-state index in [9.17, 15) is 33.5 Å². The molecule has 262 valence electrons. The molecule has 0 spiro atoms. The third-order valence-corrected chi connectivity index (χ3v) is 11.0. The number of nitrogens with one attached hydrogen (secondary N) is 2. The average molecular weight is 719 g/mol. The van der Waals surface area contributed by atoms with Gasteiger partial charge in [0.25, 0.3) is 5.91 Å². The summed E-state index contributed by atoms with van der Waals surface area (Å²) in [7, 11) is -4.40. The van der Waals surface area contributed by atoms with Crippen LogP contribution in [0.3, 0.4) is 0 Å². The van der Waals surface area contributed by atoms with E-state index < -0.39 is 54.7 Å². The summed E-state index contributed by atoms with van der Waals surface area (Å²) in [5, 5.41) is 7.45. The van der Waals surface area contributed by atoms with Crippen LogP contribution < -0.4 is 21.1 Å². The number of thioether (sulfide) groups is 1. The molecule has 12 nitrogen and oxygen atoms in total. The van der Waals surface area contributed by atoms with Gasteiger partial charge in [-0.25, -0.2) is 0 Å². The zero-order valence-corrected chi connectivity index (χ0v) is 28.9. The van der Waals surface area contributed by atoms with Gasteiger partial charge in [-0.05, 0) is 65.9 Å². The van der Waals surface area contributed by atoms with Gasteiger partial charge in [-0.3, -0.25) is 23.7 Å². The lowest BCUT2D eigenvalue weighted by molar-refractivity contribution is -0.143. The summed E-state index contributed by atoms with van der Waals surface area (Å²) in [5.74, 6) is -2.23. The van der Waals surface area contributed by atoms with Crippen LogP contribution in [0.5, 0.6) is 11.5 Å². The third-order valence-electron chi connectivity index (χ3n) is 8.31. The van der Waals surface area contributed by atoms with Crippen LogP contribution in [0.1, 0.15) is 41.1 Å². The van der Waals surface area contributed by atoms with E-state index in [1.54, 1.807) is 36.4 Å². The van der Waals surface area contributed by atoms with E-state index in [1.807, 2.05) is 54.6 Å². The Bertz CT molecular complexity index is 1890. The first-order valence-corrected chi connectivity index (χ1v) is 19.1. The van der Waals surface area contributed by atoms with Gasteiger partial charge in [0.1, 0.15) is 23.6 Å². The molecule has 3 unspecified atom stereocenters. The Morgan fingerprint density at radius 2 is 1.62 bits per heavy atom. The Morgan fingerprint density at radius 1 is 0.900 bits per heavy atom. The number of hydrogen-bond acceptors (Lipinski definition) is 7. The molecule has 0 aromatic heterocycles. The Balaban J connectivity index is 1.30. The van der Waals surface area contributed by atoms with Gasteiger partial charge >= 0.3 is 7.60 Å². The SMILES string of the molecule is NC(=O)C(CNC(=O)C1CCCCN1C(=O)C(CSCP(=O)(O)O)NC(=O)c1cccc(Oc2ccccc2)c1)c1ccc2ccccc2c1. The normalized spacial score (nSPS) is 15.9. The van der Waals surface area contributed by atoms with E-state index in [0.29, 0.717) is 36.3 Å². The van der Waals surface area contributed by atoms with Crippen LogP contribution in [-0.4, -0.2) is 74.7 Å². The number of amides is 4. The van der Waals surface area contributed by atoms with Crippen LogP contribution in [0.25, 0.3) is 10.8 Å². The molecule has 4 aromatic rings. The van der Waals surface area contributed by atoms with Gasteiger partial charge < -0.3 is 35.8 Å². The largest absolute Gasteiger partial charge is 0.457 e. The summed E-state index contributed by atoms with van der Waals surface area (Å²) in [6.07, 6.45) is 1.64. The second-order valence-electron chi connectivity index (χ2n) is 12.0. The number of hydrogen-bond donors (Lipinski definition) is 5. The van der Waals surface area contributed by atoms with Crippen LogP contribution >= 0.6 is 19.4 Å². The average Bonchev–Trinajstić information content (AvgIpc) is 3.10. The maximum atomic E-state index is 14.1. The number of carbonyl (C=O) groups excluding carboxylic acids is 4. The van der Waals surface area contributed by atoms with Crippen LogP contribution in [0.2, 0.25) is 0 Å². The number of likely N-dealkylation sites (tertiary alicyclic amines) is 1. The number of carbonyl (C=O) groups is 4. The molecule has 1 saturated heterocycles. The third kappa shape index (κ3) is 9.95. The molecule has 4 aromatic carbocycles. The quantitative estimate of drug-likeness (QED) is 0.118. The van der Waals surface area contributed by atoms with Crippen molar-refractivity contribution in [1.82, 2.24) is 15.5 Å². The predicted octanol–water partition coefficient (Wildman–Crippen LogP) is 4.37. The molecule has 0 aliphatic carbocycles. The lowest BCUT2D eigenvalue weighted by atomic mass is 9.95. The highest BCUT2D eigenvalue weighted by atomic mass is 32.2. The van der Waals surface area contributed by atoms with Gasteiger partial charge in [-0.2, -0.15) is 0 Å². The molecule has 0 radical (unpaired) electrons. The number of piperidine rings is 1. The lowest BCUT2D eigenvalue weighted by Crippen LogP contribution is -2.58. The molecule has 1 heterocycles. The first-order valence-electron chi connectivity index (χ1n) is 16.1. The number of rotatable bonds is 14. The molecular weight excluding hydrogens is 679 g/mol. The van der Waals surface area contributed by atoms with Crippen molar-refractivity contribution in [3.63, 3.8) is 0 Å². The van der Waals surface area contributed by atoms with Gasteiger partial charge in [-0.15, -0.1) is 11.8 Å². The number of ether oxygens (including phenoxy) is 1. The van der Waals surface area contributed by atoms with Gasteiger partial charge in [0.05, 0.1) is 11.4 Å². The molecule has 50 heavy (non-hydrogen) atoms. The molecule has 1 aliphatic rings. The number of nitrogens with two attached hydrogens (primary N) is 1. The molecule has 0 bridgehead atoms. The first-order chi connectivity index (χ1) is 24.0. The van der Waals surface area contributed by atoms with Crippen molar-refractivity contribution >= 4 is 53.8 Å². The van der Waals surface area contributed by atoms with Crippen molar-refractivity contribution in [2.24, 2.45) is 5.73 Å². The van der Waals surface area contributed by atoms with Crippen molar-refractivity contribution < 1.29 is 38.3 Å². The minimum atomic E-state index is -4.40. The Hall–Kier alpha value is -4.68. The van der Waals surface area contributed by atoms with Crippen LogP contribution in [0, 0.1) is 0 Å². The molecule has 14 heteroatoms. The van der Waals surface area contributed by atoms with Gasteiger partial charge in [0.2, 0.25) is 17.7 Å². The highest BCUT2D eigenvalue weighted by Crippen LogP contribution is 2.39. The van der Waals surface area contributed by atoms with Crippen LogP contribution in [-0.2, 0) is 18.9 Å². The van der Waals surface area contributed by atoms with Crippen LogP contribution in [0.15, 0.2) is 97.1 Å². The van der Waals surface area contributed by atoms with E-state index in [4.69, 9.17) is 10.5 Å². The molecule has 6 N–H and O–H groups in total. The van der Waals surface area contributed by atoms with Crippen LogP contribution in [0.4, 0.5) is 0 Å². The number of primary amides is 1. The highest BCUT2D eigenvalue weighted by molar-refractivity contribution is 8.04. The number of nitrogens with zero attached hydrogens (tertiary/aromatic N) is 1. The fourth-order valence-electron chi connectivity index (χ4n) is 5.83. The van der Waals surface area contributed by atoms with E-state index in [1.165, 1.54) is 11.0 Å². The molecule has 1 aliphatic heterocycles. The smallest absolute Gasteiger partial charge is 0.335 e. The number of benzene rings is 4. The predicted molar refractivity (Wildman–Crippen MR) is 192 cm³/mol. The Morgan fingerprint density at radius 3 is 2.36 bits per heavy atom. The standard InChI is InChI=1S/C36H39N4O8PS/c37-33(41)30(26-17-16-24-9-4-5-10-25(24)19-26)21-38-35(43)32-15-6-7-18-40(32)36(44)31(22-50-23-49(45,46)47)39-34(42)27-11-8-14-29(20-27)48-28-12-2-1-3-13-28/h1-5,8-14,16-17,19-20,30-32H,6-7,15,18,21-23H2,(H2,37,41)(H,38,43)(H,39,42)(H2,45,46,47). The molecule has 0 saturated carbocycles. The molecule has 4 amide bonds. The van der Waals surface area contributed by atoms with E-state index in [2.05, 4.69) is 10.6 Å². The maximum Gasteiger partial charge on any atom is 0.335 e.